The lowest BCUT2D eigenvalue weighted by Gasteiger charge is -2.13. The summed E-state index contributed by atoms with van der Waals surface area (Å²) >= 11 is 5.92. The molecule has 162 valence electrons. The zero-order valence-electron chi connectivity index (χ0n) is 17.1. The van der Waals surface area contributed by atoms with Gasteiger partial charge >= 0.3 is 5.97 Å². The smallest absolute Gasteiger partial charge is 0.340 e. The van der Waals surface area contributed by atoms with Gasteiger partial charge in [-0.15, -0.1) is 0 Å². The maximum absolute atomic E-state index is 12.5. The summed E-state index contributed by atoms with van der Waals surface area (Å²) in [5.74, 6) is -1.31. The molecular formula is C22H17ClN4O5. The molecule has 0 saturated heterocycles. The third-order valence-electron chi connectivity index (χ3n) is 4.82. The van der Waals surface area contributed by atoms with Crippen molar-refractivity contribution >= 4 is 35.0 Å². The summed E-state index contributed by atoms with van der Waals surface area (Å²) in [6, 6.07) is 14.6. The molecule has 0 aliphatic rings. The van der Waals surface area contributed by atoms with Crippen molar-refractivity contribution in [2.24, 2.45) is 0 Å². The number of nitrogens with zero attached hydrogens (tertiary/aromatic N) is 3. The highest BCUT2D eigenvalue weighted by Crippen LogP contribution is 2.30. The fourth-order valence-electron chi connectivity index (χ4n) is 3.12. The van der Waals surface area contributed by atoms with Crippen LogP contribution < -0.4 is 5.32 Å². The van der Waals surface area contributed by atoms with Crippen LogP contribution in [-0.4, -0.2) is 28.0 Å². The number of rotatable bonds is 6. The first-order valence-corrected chi connectivity index (χ1v) is 9.70. The van der Waals surface area contributed by atoms with Gasteiger partial charge in [0, 0.05) is 23.5 Å². The monoisotopic (exact) mass is 452 g/mol. The molecule has 0 aliphatic heterocycles. The van der Waals surface area contributed by atoms with Crippen molar-refractivity contribution in [3.05, 3.63) is 86.1 Å². The molecule has 0 fully saturated rings. The zero-order chi connectivity index (χ0) is 23.4. The highest BCUT2D eigenvalue weighted by molar-refractivity contribution is 6.33. The van der Waals surface area contributed by atoms with Crippen LogP contribution in [0, 0.1) is 35.3 Å². The van der Waals surface area contributed by atoms with E-state index in [9.17, 15) is 25.0 Å². The number of carbonyl (C=O) groups is 2. The number of amides is 1. The van der Waals surface area contributed by atoms with Crippen LogP contribution in [0.4, 0.5) is 11.5 Å². The highest BCUT2D eigenvalue weighted by atomic mass is 35.5. The Morgan fingerprint density at radius 3 is 2.50 bits per heavy atom. The number of carbonyl (C=O) groups excluding carboxylic acids is 2. The summed E-state index contributed by atoms with van der Waals surface area (Å²) in [5.41, 5.74) is 2.14. The number of hydrogen-bond acceptors (Lipinski definition) is 6. The van der Waals surface area contributed by atoms with Crippen LogP contribution in [-0.2, 0) is 9.53 Å². The average Bonchev–Trinajstić information content (AvgIpc) is 3.01. The van der Waals surface area contributed by atoms with E-state index >= 15 is 0 Å². The second kappa shape index (κ2) is 9.32. The first-order chi connectivity index (χ1) is 15.2. The van der Waals surface area contributed by atoms with Crippen molar-refractivity contribution in [1.82, 2.24) is 4.57 Å². The van der Waals surface area contributed by atoms with Crippen molar-refractivity contribution in [2.75, 3.05) is 11.9 Å². The number of anilines is 1. The summed E-state index contributed by atoms with van der Waals surface area (Å²) in [5, 5.41) is 22.8. The van der Waals surface area contributed by atoms with E-state index in [0.717, 1.165) is 29.6 Å². The molecule has 9 nitrogen and oxygen atoms in total. The number of para-hydroxylation sites is 1. The highest BCUT2D eigenvalue weighted by Gasteiger charge is 2.22. The predicted octanol–water partition coefficient (Wildman–Crippen LogP) is 4.32. The van der Waals surface area contributed by atoms with Crippen LogP contribution in [0.15, 0.2) is 48.5 Å². The zero-order valence-corrected chi connectivity index (χ0v) is 17.8. The van der Waals surface area contributed by atoms with E-state index in [4.69, 9.17) is 16.3 Å². The quantitative estimate of drug-likeness (QED) is 0.337. The number of nitriles is 1. The number of aromatic nitrogens is 1. The molecule has 32 heavy (non-hydrogen) atoms. The Bertz CT molecular complexity index is 1260. The third kappa shape index (κ3) is 4.45. The number of benzene rings is 2. The van der Waals surface area contributed by atoms with Crippen molar-refractivity contribution in [3.8, 4) is 11.8 Å². The standard InChI is InChI=1S/C22H17ClN4O5/c1-13-14(2)26(15-6-4-3-5-7-15)21(18(13)11-24)25-20(28)12-32-22(29)17-9-8-16(27(30)31)10-19(17)23/h3-10H,12H2,1-2H3,(H,25,28). The molecule has 2 aromatic carbocycles. The van der Waals surface area contributed by atoms with Crippen molar-refractivity contribution in [3.63, 3.8) is 0 Å². The number of nitro benzene ring substituents is 1. The third-order valence-corrected chi connectivity index (χ3v) is 5.13. The van der Waals surface area contributed by atoms with E-state index in [-0.39, 0.29) is 22.1 Å². The number of esters is 1. The van der Waals surface area contributed by atoms with Gasteiger partial charge in [0.2, 0.25) is 0 Å². The van der Waals surface area contributed by atoms with Gasteiger partial charge in [0.1, 0.15) is 11.9 Å². The van der Waals surface area contributed by atoms with Gasteiger partial charge in [-0.3, -0.25) is 19.5 Å². The second-order valence-electron chi connectivity index (χ2n) is 6.76. The molecule has 0 aliphatic carbocycles. The first kappa shape index (κ1) is 22.5. The molecule has 1 N–H and O–H groups in total. The lowest BCUT2D eigenvalue weighted by molar-refractivity contribution is -0.384. The van der Waals surface area contributed by atoms with Gasteiger partial charge in [-0.25, -0.2) is 4.79 Å². The van der Waals surface area contributed by atoms with E-state index in [1.165, 1.54) is 0 Å². The molecule has 0 bridgehead atoms. The Morgan fingerprint density at radius 2 is 1.91 bits per heavy atom. The molecular weight excluding hydrogens is 436 g/mol. The lowest BCUT2D eigenvalue weighted by atomic mass is 10.2. The Labute approximate surface area is 187 Å². The van der Waals surface area contributed by atoms with Gasteiger partial charge in [-0.2, -0.15) is 5.26 Å². The van der Waals surface area contributed by atoms with E-state index < -0.39 is 23.4 Å². The molecule has 0 radical (unpaired) electrons. The molecule has 0 spiro atoms. The Hall–Kier alpha value is -4.16. The van der Waals surface area contributed by atoms with Crippen LogP contribution in [0.5, 0.6) is 0 Å². The molecule has 3 aromatic rings. The molecule has 0 unspecified atom stereocenters. The van der Waals surface area contributed by atoms with Crippen LogP contribution in [0.1, 0.15) is 27.2 Å². The van der Waals surface area contributed by atoms with Gasteiger partial charge in [0.05, 0.1) is 21.1 Å². The van der Waals surface area contributed by atoms with Gasteiger partial charge in [0.15, 0.2) is 6.61 Å². The van der Waals surface area contributed by atoms with Gasteiger partial charge in [-0.05, 0) is 37.6 Å². The predicted molar refractivity (Wildman–Crippen MR) is 117 cm³/mol. The molecule has 0 saturated carbocycles. The largest absolute Gasteiger partial charge is 0.452 e. The average molecular weight is 453 g/mol. The fourth-order valence-corrected chi connectivity index (χ4v) is 3.37. The second-order valence-corrected chi connectivity index (χ2v) is 7.17. The van der Waals surface area contributed by atoms with Gasteiger partial charge in [0.25, 0.3) is 11.6 Å². The van der Waals surface area contributed by atoms with Crippen molar-refractivity contribution in [2.45, 2.75) is 13.8 Å². The van der Waals surface area contributed by atoms with E-state index in [1.54, 1.807) is 11.5 Å². The summed E-state index contributed by atoms with van der Waals surface area (Å²) < 4.78 is 6.74. The first-order valence-electron chi connectivity index (χ1n) is 9.33. The topological polar surface area (TPSA) is 127 Å². The number of ether oxygens (including phenoxy) is 1. The maximum Gasteiger partial charge on any atom is 0.340 e. The van der Waals surface area contributed by atoms with E-state index in [2.05, 4.69) is 11.4 Å². The Morgan fingerprint density at radius 1 is 1.22 bits per heavy atom. The summed E-state index contributed by atoms with van der Waals surface area (Å²) in [6.07, 6.45) is 0. The van der Waals surface area contributed by atoms with Crippen molar-refractivity contribution < 1.29 is 19.2 Å². The van der Waals surface area contributed by atoms with E-state index in [0.29, 0.717) is 11.1 Å². The number of halogens is 1. The lowest BCUT2D eigenvalue weighted by Crippen LogP contribution is -2.23. The minimum Gasteiger partial charge on any atom is -0.452 e. The van der Waals surface area contributed by atoms with Crippen LogP contribution in [0.3, 0.4) is 0 Å². The Balaban J connectivity index is 1.79. The van der Waals surface area contributed by atoms with E-state index in [1.807, 2.05) is 37.3 Å². The summed E-state index contributed by atoms with van der Waals surface area (Å²) in [6.45, 7) is 2.96. The number of hydrogen-bond donors (Lipinski definition) is 1. The molecule has 3 rings (SSSR count). The molecule has 0 atom stereocenters. The minimum absolute atomic E-state index is 0.109. The van der Waals surface area contributed by atoms with Gasteiger partial charge in [-0.1, -0.05) is 29.8 Å². The SMILES string of the molecule is Cc1c(C#N)c(NC(=O)COC(=O)c2ccc([N+](=O)[O-])cc2Cl)n(-c2ccccc2)c1C. The number of non-ortho nitro benzene ring substituents is 1. The number of nitro groups is 1. The molecule has 1 aromatic heterocycles. The number of nitrogens with one attached hydrogen (secondary N) is 1. The summed E-state index contributed by atoms with van der Waals surface area (Å²) in [4.78, 5) is 34.9. The molecule has 1 amide bonds. The van der Waals surface area contributed by atoms with Crippen molar-refractivity contribution in [1.29, 1.82) is 5.26 Å². The van der Waals surface area contributed by atoms with Gasteiger partial charge < -0.3 is 10.1 Å². The Kier molecular flexibility index (Phi) is 6.56. The van der Waals surface area contributed by atoms with Crippen LogP contribution >= 0.6 is 11.6 Å². The normalized spacial score (nSPS) is 10.3. The minimum atomic E-state index is -0.911. The molecule has 10 heteroatoms. The summed E-state index contributed by atoms with van der Waals surface area (Å²) in [7, 11) is 0. The molecule has 1 heterocycles. The maximum atomic E-state index is 12.5. The van der Waals surface area contributed by atoms with Crippen LogP contribution in [0.2, 0.25) is 5.02 Å². The van der Waals surface area contributed by atoms with Crippen LogP contribution in [0.25, 0.3) is 5.69 Å². The fraction of sp³-hybridized carbons (Fsp3) is 0.136.